The van der Waals surface area contributed by atoms with Gasteiger partial charge in [-0.15, -0.1) is 0 Å². The summed E-state index contributed by atoms with van der Waals surface area (Å²) in [5.41, 5.74) is 0. The second-order valence-corrected chi connectivity index (χ2v) is 3.39. The molecule has 1 heterocycles. The van der Waals surface area contributed by atoms with E-state index < -0.39 is 0 Å². The van der Waals surface area contributed by atoms with Crippen molar-refractivity contribution in [3.63, 3.8) is 0 Å². The van der Waals surface area contributed by atoms with E-state index >= 15 is 0 Å². The highest BCUT2D eigenvalue weighted by Gasteiger charge is 2.20. The van der Waals surface area contributed by atoms with Crippen LogP contribution < -0.4 is 0 Å². The van der Waals surface area contributed by atoms with Crippen LogP contribution in [0, 0.1) is 12.1 Å². The summed E-state index contributed by atoms with van der Waals surface area (Å²) >= 11 is 3.33. The van der Waals surface area contributed by atoms with Gasteiger partial charge >= 0.3 is 0 Å². The van der Waals surface area contributed by atoms with Crippen LogP contribution in [-0.2, 0) is 0 Å². The monoisotopic (exact) mass is 174 g/mol. The van der Waals surface area contributed by atoms with Crippen molar-refractivity contribution >= 4 is 23.9 Å². The van der Waals surface area contributed by atoms with Crippen molar-refractivity contribution in [3.8, 4) is 12.1 Å². The molecule has 2 nitrogen and oxygen atoms in total. The van der Waals surface area contributed by atoms with E-state index in [1.807, 2.05) is 21.1 Å². The van der Waals surface area contributed by atoms with Crippen LogP contribution in [0.25, 0.3) is 0 Å². The highest BCUT2D eigenvalue weighted by Crippen LogP contribution is 2.21. The lowest BCUT2D eigenvalue weighted by molar-refractivity contribution is 0.383. The Morgan fingerprint density at radius 2 is 1.50 bits per heavy atom. The molecule has 56 valence electrons. The second kappa shape index (κ2) is 3.31. The summed E-state index contributed by atoms with van der Waals surface area (Å²) in [5.74, 6) is 0. The highest BCUT2D eigenvalue weighted by molar-refractivity contribution is 7.97. The molecule has 0 saturated heterocycles. The fourth-order valence-corrected chi connectivity index (χ4v) is 1.90. The van der Waals surface area contributed by atoms with Gasteiger partial charge in [0.25, 0.3) is 0 Å². The fourth-order valence-electron chi connectivity index (χ4n) is 0.777. The standard InChI is InChI=1S/C6H10N2S2/c1-6-7(9-2)4-5-8(6)10-3/h6H,1-3H3. The van der Waals surface area contributed by atoms with Gasteiger partial charge in [0.2, 0.25) is 0 Å². The van der Waals surface area contributed by atoms with Crippen LogP contribution in [-0.4, -0.2) is 27.3 Å². The molecule has 0 aliphatic carbocycles. The number of hydrogen-bond donors (Lipinski definition) is 0. The first-order valence-electron chi connectivity index (χ1n) is 2.97. The SMILES string of the molecule is CSN1C#CN(SC)C1C. The fraction of sp³-hybridized carbons (Fsp3) is 0.667. The maximum atomic E-state index is 3.01. The zero-order valence-corrected chi connectivity index (χ0v) is 7.92. The lowest BCUT2D eigenvalue weighted by Gasteiger charge is -2.23. The van der Waals surface area contributed by atoms with Crippen LogP contribution in [0.15, 0.2) is 0 Å². The summed E-state index contributed by atoms with van der Waals surface area (Å²) < 4.78 is 4.08. The van der Waals surface area contributed by atoms with E-state index in [0.717, 1.165) is 0 Å². The molecular weight excluding hydrogens is 164 g/mol. The van der Waals surface area contributed by atoms with Gasteiger partial charge in [0, 0.05) is 24.6 Å². The van der Waals surface area contributed by atoms with E-state index in [0.29, 0.717) is 6.17 Å². The normalized spacial score (nSPS) is 17.5. The molecule has 0 atom stereocenters. The van der Waals surface area contributed by atoms with Crippen LogP contribution >= 0.6 is 23.9 Å². The first kappa shape index (κ1) is 7.96. The Morgan fingerprint density at radius 1 is 1.10 bits per heavy atom. The first-order chi connectivity index (χ1) is 4.79. The van der Waals surface area contributed by atoms with Crippen molar-refractivity contribution in [2.24, 2.45) is 0 Å². The Kier molecular flexibility index (Phi) is 2.64. The minimum absolute atomic E-state index is 0.380. The van der Waals surface area contributed by atoms with Gasteiger partial charge in [0.05, 0.1) is 0 Å². The highest BCUT2D eigenvalue weighted by atomic mass is 32.2. The molecule has 10 heavy (non-hydrogen) atoms. The molecule has 1 aliphatic rings. The van der Waals surface area contributed by atoms with Crippen LogP contribution in [0.4, 0.5) is 0 Å². The Morgan fingerprint density at radius 3 is 1.70 bits per heavy atom. The molecule has 0 amide bonds. The lowest BCUT2D eigenvalue weighted by atomic mass is 10.6. The Labute approximate surface area is 70.6 Å². The summed E-state index contributed by atoms with van der Waals surface area (Å²) in [5, 5.41) is 0. The van der Waals surface area contributed by atoms with Gasteiger partial charge in [-0.25, -0.2) is 0 Å². The number of nitrogens with zero attached hydrogens (tertiary/aromatic N) is 2. The van der Waals surface area contributed by atoms with Crippen molar-refractivity contribution in [1.82, 2.24) is 8.61 Å². The summed E-state index contributed by atoms with van der Waals surface area (Å²) in [7, 11) is 0. The largest absolute Gasteiger partial charge is 0.250 e. The molecule has 0 spiro atoms. The summed E-state index contributed by atoms with van der Waals surface area (Å²) in [6.07, 6.45) is 4.45. The molecule has 0 radical (unpaired) electrons. The molecule has 0 fully saturated rings. The third-order valence-corrected chi connectivity index (χ3v) is 2.92. The molecule has 0 aromatic heterocycles. The smallest absolute Gasteiger partial charge is 0.135 e. The number of hydrogen-bond acceptors (Lipinski definition) is 4. The zero-order chi connectivity index (χ0) is 7.56. The summed E-state index contributed by atoms with van der Waals surface area (Å²) in [6.45, 7) is 2.12. The van der Waals surface area contributed by atoms with Gasteiger partial charge in [-0.3, -0.25) is 8.61 Å². The van der Waals surface area contributed by atoms with Crippen molar-refractivity contribution in [1.29, 1.82) is 0 Å². The topological polar surface area (TPSA) is 6.48 Å². The molecular formula is C6H10N2S2. The van der Waals surface area contributed by atoms with Crippen molar-refractivity contribution < 1.29 is 0 Å². The van der Waals surface area contributed by atoms with Gasteiger partial charge in [-0.2, -0.15) is 0 Å². The molecule has 1 rings (SSSR count). The Bertz CT molecular complexity index is 156. The van der Waals surface area contributed by atoms with Gasteiger partial charge < -0.3 is 0 Å². The van der Waals surface area contributed by atoms with E-state index in [-0.39, 0.29) is 0 Å². The third-order valence-electron chi connectivity index (χ3n) is 1.34. The van der Waals surface area contributed by atoms with Gasteiger partial charge in [0.15, 0.2) is 0 Å². The molecule has 0 aromatic carbocycles. The van der Waals surface area contributed by atoms with E-state index in [1.165, 1.54) is 0 Å². The quantitative estimate of drug-likeness (QED) is 0.461. The summed E-state index contributed by atoms with van der Waals surface area (Å²) in [4.78, 5) is 0. The van der Waals surface area contributed by atoms with Crippen LogP contribution in [0.2, 0.25) is 0 Å². The Balaban J connectivity index is 2.53. The molecule has 0 aromatic rings. The average Bonchev–Trinajstić information content (AvgIpc) is 2.30. The van der Waals surface area contributed by atoms with Gasteiger partial charge in [-0.05, 0) is 30.8 Å². The molecule has 1 aliphatic heterocycles. The lowest BCUT2D eigenvalue weighted by Crippen LogP contribution is -2.28. The maximum Gasteiger partial charge on any atom is 0.135 e. The minimum Gasteiger partial charge on any atom is -0.250 e. The zero-order valence-electron chi connectivity index (χ0n) is 6.29. The van der Waals surface area contributed by atoms with E-state index in [4.69, 9.17) is 0 Å². The molecule has 0 N–H and O–H groups in total. The molecule has 0 unspecified atom stereocenters. The molecule has 0 bridgehead atoms. The predicted octanol–water partition coefficient (Wildman–Crippen LogP) is 1.42. The van der Waals surface area contributed by atoms with Crippen LogP contribution in [0.1, 0.15) is 6.92 Å². The van der Waals surface area contributed by atoms with E-state index in [1.54, 1.807) is 23.9 Å². The second-order valence-electron chi connectivity index (χ2n) is 1.87. The Hall–Kier alpha value is -0.140. The van der Waals surface area contributed by atoms with Gasteiger partial charge in [-0.1, -0.05) is 0 Å². The van der Waals surface area contributed by atoms with E-state index in [2.05, 4.69) is 19.0 Å². The molecule has 4 heteroatoms. The molecule has 0 saturated carbocycles. The minimum atomic E-state index is 0.380. The maximum absolute atomic E-state index is 3.01. The third kappa shape index (κ3) is 1.30. The van der Waals surface area contributed by atoms with Crippen molar-refractivity contribution in [2.75, 3.05) is 12.5 Å². The van der Waals surface area contributed by atoms with Gasteiger partial charge in [0.1, 0.15) is 6.17 Å². The average molecular weight is 174 g/mol. The first-order valence-corrected chi connectivity index (χ1v) is 5.34. The van der Waals surface area contributed by atoms with Crippen LogP contribution in [0.5, 0.6) is 0 Å². The summed E-state index contributed by atoms with van der Waals surface area (Å²) in [6, 6.07) is 6.02. The van der Waals surface area contributed by atoms with Crippen molar-refractivity contribution in [2.45, 2.75) is 13.1 Å². The number of rotatable bonds is 2. The van der Waals surface area contributed by atoms with Crippen molar-refractivity contribution in [3.05, 3.63) is 0 Å². The van der Waals surface area contributed by atoms with Crippen LogP contribution in [0.3, 0.4) is 0 Å². The van der Waals surface area contributed by atoms with E-state index in [9.17, 15) is 0 Å². The predicted molar refractivity (Wildman–Crippen MR) is 47.9 cm³/mol.